The molecule has 13 heavy (non-hydrogen) atoms. The van der Waals surface area contributed by atoms with Crippen LogP contribution in [0.25, 0.3) is 0 Å². The third-order valence-corrected chi connectivity index (χ3v) is 2.88. The number of nitrogen functional groups attached to an aromatic ring is 1. The molecular formula is C8H6Br2FNO. The smallest absolute Gasteiger partial charge is 0.174 e. The number of carbonyl (C=O) groups is 1. The second kappa shape index (κ2) is 4.19. The fraction of sp³-hybridized carbons (Fsp3) is 0.125. The average Bonchev–Trinajstić information content (AvgIpc) is 2.10. The summed E-state index contributed by atoms with van der Waals surface area (Å²) in [5.41, 5.74) is 5.94. The normalized spacial score (nSPS) is 10.1. The fourth-order valence-electron chi connectivity index (χ4n) is 0.885. The molecule has 0 heterocycles. The van der Waals surface area contributed by atoms with Gasteiger partial charge in [-0.3, -0.25) is 4.79 Å². The number of hydrogen-bond acceptors (Lipinski definition) is 2. The van der Waals surface area contributed by atoms with Crippen molar-refractivity contribution in [3.05, 3.63) is 28.0 Å². The van der Waals surface area contributed by atoms with E-state index in [0.29, 0.717) is 4.47 Å². The highest BCUT2D eigenvalue weighted by Crippen LogP contribution is 2.26. The zero-order chi connectivity index (χ0) is 10.0. The Bertz CT molecular complexity index is 354. The summed E-state index contributed by atoms with van der Waals surface area (Å²) in [5.74, 6) is -0.719. The van der Waals surface area contributed by atoms with Gasteiger partial charge < -0.3 is 5.73 Å². The van der Waals surface area contributed by atoms with Crippen molar-refractivity contribution in [2.24, 2.45) is 0 Å². The molecule has 0 aromatic heterocycles. The molecule has 2 nitrogen and oxygen atoms in total. The number of ketones is 1. The first-order valence-corrected chi connectivity index (χ1v) is 5.31. The first-order chi connectivity index (χ1) is 6.06. The van der Waals surface area contributed by atoms with Gasteiger partial charge in [0, 0.05) is 11.3 Å². The van der Waals surface area contributed by atoms with Crippen LogP contribution in [0.4, 0.5) is 10.1 Å². The van der Waals surface area contributed by atoms with Gasteiger partial charge in [-0.15, -0.1) is 0 Å². The highest BCUT2D eigenvalue weighted by molar-refractivity contribution is 9.10. The van der Waals surface area contributed by atoms with Crippen LogP contribution in [-0.2, 0) is 0 Å². The van der Waals surface area contributed by atoms with E-state index in [-0.39, 0.29) is 22.4 Å². The maximum Gasteiger partial charge on any atom is 0.174 e. The van der Waals surface area contributed by atoms with Crippen molar-refractivity contribution in [1.82, 2.24) is 0 Å². The van der Waals surface area contributed by atoms with Crippen molar-refractivity contribution in [1.29, 1.82) is 0 Å². The molecule has 0 unspecified atom stereocenters. The zero-order valence-corrected chi connectivity index (χ0v) is 9.65. The van der Waals surface area contributed by atoms with Crippen molar-refractivity contribution < 1.29 is 9.18 Å². The van der Waals surface area contributed by atoms with Gasteiger partial charge in [0.25, 0.3) is 0 Å². The first kappa shape index (κ1) is 10.7. The van der Waals surface area contributed by atoms with E-state index in [2.05, 4.69) is 31.9 Å². The van der Waals surface area contributed by atoms with E-state index in [4.69, 9.17) is 5.73 Å². The minimum atomic E-state index is -0.509. The highest BCUT2D eigenvalue weighted by atomic mass is 79.9. The number of alkyl halides is 1. The van der Waals surface area contributed by atoms with Gasteiger partial charge in [-0.05, 0) is 28.1 Å². The number of hydrogen-bond donors (Lipinski definition) is 1. The van der Waals surface area contributed by atoms with Gasteiger partial charge in [-0.25, -0.2) is 4.39 Å². The minimum Gasteiger partial charge on any atom is -0.398 e. The van der Waals surface area contributed by atoms with Crippen LogP contribution in [0.2, 0.25) is 0 Å². The van der Waals surface area contributed by atoms with Crippen LogP contribution in [0.1, 0.15) is 10.4 Å². The fourth-order valence-corrected chi connectivity index (χ4v) is 1.64. The molecule has 0 saturated carbocycles. The van der Waals surface area contributed by atoms with Crippen molar-refractivity contribution in [3.63, 3.8) is 0 Å². The molecule has 0 spiro atoms. The molecule has 2 N–H and O–H groups in total. The summed E-state index contributed by atoms with van der Waals surface area (Å²) in [5, 5.41) is 0.147. The highest BCUT2D eigenvalue weighted by Gasteiger charge is 2.12. The molecule has 1 aromatic rings. The summed E-state index contributed by atoms with van der Waals surface area (Å²) >= 11 is 6.12. The van der Waals surface area contributed by atoms with E-state index in [0.717, 1.165) is 12.1 Å². The van der Waals surface area contributed by atoms with Gasteiger partial charge in [0.05, 0.1) is 9.80 Å². The number of halogens is 3. The predicted octanol–water partition coefficient (Wildman–Crippen LogP) is 2.75. The zero-order valence-electron chi connectivity index (χ0n) is 6.48. The van der Waals surface area contributed by atoms with E-state index in [1.54, 1.807) is 0 Å². The lowest BCUT2D eigenvalue weighted by molar-refractivity contribution is 0.102. The van der Waals surface area contributed by atoms with Crippen LogP contribution >= 0.6 is 31.9 Å². The summed E-state index contributed by atoms with van der Waals surface area (Å²) in [4.78, 5) is 11.2. The Kier molecular flexibility index (Phi) is 3.44. The van der Waals surface area contributed by atoms with Crippen LogP contribution in [0, 0.1) is 5.82 Å². The molecule has 0 aliphatic carbocycles. The van der Waals surface area contributed by atoms with Crippen molar-refractivity contribution >= 4 is 43.3 Å². The Hall–Kier alpha value is -0.420. The summed E-state index contributed by atoms with van der Waals surface area (Å²) < 4.78 is 13.3. The van der Waals surface area contributed by atoms with E-state index < -0.39 is 5.82 Å². The third kappa shape index (κ3) is 2.28. The number of anilines is 1. The number of nitrogens with two attached hydrogens (primary N) is 1. The molecule has 0 saturated heterocycles. The standard InChI is InChI=1S/C8H6Br2FNO/c9-3-7(13)5-1-4(11)2-6(12)8(5)10/h1-2H,3,12H2. The molecule has 0 aliphatic heterocycles. The van der Waals surface area contributed by atoms with Gasteiger partial charge in [-0.2, -0.15) is 0 Å². The summed E-state index contributed by atoms with van der Waals surface area (Å²) in [6, 6.07) is 2.32. The van der Waals surface area contributed by atoms with E-state index in [1.165, 1.54) is 0 Å². The van der Waals surface area contributed by atoms with Crippen LogP contribution in [-0.4, -0.2) is 11.1 Å². The number of benzene rings is 1. The molecule has 0 radical (unpaired) electrons. The van der Waals surface area contributed by atoms with Crippen molar-refractivity contribution in [3.8, 4) is 0 Å². The lowest BCUT2D eigenvalue weighted by Gasteiger charge is -2.04. The number of rotatable bonds is 2. The van der Waals surface area contributed by atoms with E-state index in [1.807, 2.05) is 0 Å². The molecule has 1 aromatic carbocycles. The quantitative estimate of drug-likeness (QED) is 0.518. The number of Topliss-reactive ketones (excluding diaryl/α,β-unsaturated/α-hetero) is 1. The SMILES string of the molecule is Nc1cc(F)cc(C(=O)CBr)c1Br. The van der Waals surface area contributed by atoms with Gasteiger partial charge >= 0.3 is 0 Å². The third-order valence-electron chi connectivity index (χ3n) is 1.49. The molecule has 70 valence electrons. The van der Waals surface area contributed by atoms with Crippen LogP contribution in [0.5, 0.6) is 0 Å². The van der Waals surface area contributed by atoms with Crippen molar-refractivity contribution in [2.75, 3.05) is 11.1 Å². The topological polar surface area (TPSA) is 43.1 Å². The van der Waals surface area contributed by atoms with Crippen molar-refractivity contribution in [2.45, 2.75) is 0 Å². The Morgan fingerprint density at radius 3 is 2.69 bits per heavy atom. The Labute approximate surface area is 91.6 Å². The maximum atomic E-state index is 12.8. The van der Waals surface area contributed by atoms with Gasteiger partial charge in [0.2, 0.25) is 0 Å². The first-order valence-electron chi connectivity index (χ1n) is 3.40. The van der Waals surface area contributed by atoms with E-state index in [9.17, 15) is 9.18 Å². The van der Waals surface area contributed by atoms with E-state index >= 15 is 0 Å². The summed E-state index contributed by atoms with van der Waals surface area (Å²) in [7, 11) is 0. The summed E-state index contributed by atoms with van der Waals surface area (Å²) in [6.45, 7) is 0. The van der Waals surface area contributed by atoms with Gasteiger partial charge in [-0.1, -0.05) is 15.9 Å². The second-order valence-electron chi connectivity index (χ2n) is 2.41. The molecular weight excluding hydrogens is 305 g/mol. The summed E-state index contributed by atoms with van der Waals surface area (Å²) in [6.07, 6.45) is 0. The molecule has 0 fully saturated rings. The van der Waals surface area contributed by atoms with Crippen LogP contribution < -0.4 is 5.73 Å². The van der Waals surface area contributed by atoms with Crippen LogP contribution in [0.15, 0.2) is 16.6 Å². The second-order valence-corrected chi connectivity index (χ2v) is 3.77. The number of carbonyl (C=O) groups excluding carboxylic acids is 1. The largest absolute Gasteiger partial charge is 0.398 e. The Balaban J connectivity index is 3.28. The van der Waals surface area contributed by atoms with Crippen LogP contribution in [0.3, 0.4) is 0 Å². The average molecular weight is 311 g/mol. The maximum absolute atomic E-state index is 12.8. The van der Waals surface area contributed by atoms with Gasteiger partial charge in [0.1, 0.15) is 5.82 Å². The Morgan fingerprint density at radius 2 is 2.15 bits per heavy atom. The minimum absolute atomic E-state index is 0.147. The molecule has 0 atom stereocenters. The lowest BCUT2D eigenvalue weighted by Crippen LogP contribution is -2.04. The molecule has 1 rings (SSSR count). The molecule has 0 aliphatic rings. The molecule has 5 heteroatoms. The molecule has 0 amide bonds. The van der Waals surface area contributed by atoms with Gasteiger partial charge in [0.15, 0.2) is 5.78 Å². The monoisotopic (exact) mass is 309 g/mol. The molecule has 0 bridgehead atoms. The lowest BCUT2D eigenvalue weighted by atomic mass is 10.1. The predicted molar refractivity (Wildman–Crippen MR) is 56.6 cm³/mol. The Morgan fingerprint density at radius 1 is 1.54 bits per heavy atom.